The van der Waals surface area contributed by atoms with E-state index in [9.17, 15) is 0 Å². The van der Waals surface area contributed by atoms with Gasteiger partial charge in [-0.1, -0.05) is 72.8 Å². The van der Waals surface area contributed by atoms with Crippen LogP contribution >= 0.6 is 39.9 Å². The maximum atomic E-state index is 3.67. The van der Waals surface area contributed by atoms with Crippen LogP contribution in [0, 0.1) is 18.2 Å². The molecule has 0 fully saturated rings. The van der Waals surface area contributed by atoms with E-state index in [1.54, 1.807) is 0 Å². The van der Waals surface area contributed by atoms with Gasteiger partial charge in [0.25, 0.3) is 0 Å². The number of rotatable bonds is 18. The van der Waals surface area contributed by atoms with Crippen molar-refractivity contribution in [3.8, 4) is 66.8 Å². The van der Waals surface area contributed by atoms with Gasteiger partial charge in [-0.25, -0.2) is 0 Å². The predicted octanol–water partition coefficient (Wildman–Crippen LogP) is 14.0. The summed E-state index contributed by atoms with van der Waals surface area (Å²) in [6, 6.07) is 59.2. The van der Waals surface area contributed by atoms with Gasteiger partial charge >= 0.3 is 93.2 Å². The molecule has 0 spiro atoms. The predicted molar refractivity (Wildman–Crippen MR) is 307 cm³/mol. The van der Waals surface area contributed by atoms with Crippen LogP contribution in [0.4, 0.5) is 0 Å². The first-order chi connectivity index (χ1) is 34.5. The van der Waals surface area contributed by atoms with Gasteiger partial charge in [0, 0.05) is 39.3 Å². The third-order valence-corrected chi connectivity index (χ3v) is 11.4. The van der Waals surface area contributed by atoms with Crippen molar-refractivity contribution in [1.29, 1.82) is 0 Å². The van der Waals surface area contributed by atoms with Crippen molar-refractivity contribution in [2.45, 2.75) is 39.3 Å². The molecule has 0 unspecified atom stereocenters. The van der Waals surface area contributed by atoms with Crippen LogP contribution in [0.1, 0.15) is 33.4 Å². The van der Waals surface area contributed by atoms with Gasteiger partial charge in [0.1, 0.15) is 0 Å². The molecule has 7 aromatic rings. The Morgan fingerprint density at radius 1 is 0.236 bits per heavy atom. The van der Waals surface area contributed by atoms with E-state index < -0.39 is 0 Å². The molecule has 0 saturated heterocycles. The molecule has 7 aromatic carbocycles. The van der Waals surface area contributed by atoms with Crippen LogP contribution in [0.2, 0.25) is 0 Å². The maximum absolute atomic E-state index is 3.67. The molecule has 0 aliphatic rings. The fourth-order valence-electron chi connectivity index (χ4n) is 8.83. The Balaban J connectivity index is 0.00000181. The fraction of sp³-hybridized carbons (Fsp3) is 0.300. The van der Waals surface area contributed by atoms with Crippen LogP contribution in [0.25, 0.3) is 66.8 Å². The van der Waals surface area contributed by atoms with Crippen LogP contribution in [0.15, 0.2) is 127 Å². The van der Waals surface area contributed by atoms with Gasteiger partial charge < -0.3 is 29.4 Å². The molecule has 0 aliphatic heterocycles. The molecule has 0 saturated carbocycles. The van der Waals surface area contributed by atoms with E-state index in [4.69, 9.17) is 0 Å². The van der Waals surface area contributed by atoms with Gasteiger partial charge in [0.05, 0.1) is 0 Å². The van der Waals surface area contributed by atoms with Crippen LogP contribution in [-0.4, -0.2) is 114 Å². The van der Waals surface area contributed by atoms with Crippen LogP contribution in [-0.2, 0) is 92.5 Å². The molecule has 0 aromatic heterocycles. The summed E-state index contributed by atoms with van der Waals surface area (Å²) in [5, 5.41) is 0. The van der Waals surface area contributed by atoms with E-state index in [-0.39, 0.29) is 0 Å². The molecule has 6 nitrogen and oxygen atoms in total. The van der Waals surface area contributed by atoms with E-state index in [1.165, 1.54) is 100 Å². The fourth-order valence-corrected chi connectivity index (χ4v) is 8.83. The zero-order chi connectivity index (χ0) is 53.1. The number of nitrogens with zero attached hydrogens (tertiary/aromatic N) is 6. The summed E-state index contributed by atoms with van der Waals surface area (Å²) in [4.78, 5) is 13.2. The summed E-state index contributed by atoms with van der Waals surface area (Å²) in [6.45, 7) is 5.09. The van der Waals surface area contributed by atoms with Crippen molar-refractivity contribution in [1.82, 2.24) is 29.4 Å². The average Bonchev–Trinajstić information content (AvgIpc) is 3.34. The number of hydrogen-bond acceptors (Lipinski definition) is 6. The standard InChI is InChI=1S/C60H69N6.3BrH.3Pt/c1-61(2)37-43-25-44(38-62(3)4)29-55(28-43)49-13-19-52(20-14-49)58-34-59(53-21-15-50(16-22-53)56-30-45(39-63(5)6)26-46(31-56)40-64(7)8)36-60(35-58)54-23-17-51(18-24-54)57-32-47(41-65(9)10)27-48(33-57)42-66(11)12;;;;;;/h13-24,28-36H,37-42H2,1-12H3;3*1H;;;/q-3;;;;3*+2/p-3. The summed E-state index contributed by atoms with van der Waals surface area (Å²) in [5.41, 5.74) is 21.6. The third-order valence-electron chi connectivity index (χ3n) is 11.4. The van der Waals surface area contributed by atoms with Crippen LogP contribution < -0.4 is 0 Å². The summed E-state index contributed by atoms with van der Waals surface area (Å²) >= 11 is 14.6. The number of hydrogen-bond donors (Lipinski definition) is 0. The molecule has 0 N–H and O–H groups in total. The molecule has 0 heterocycles. The Hall–Kier alpha value is -2.20. The van der Waals surface area contributed by atoms with E-state index >= 15 is 0 Å². The molecule has 0 atom stereocenters. The zero-order valence-corrected chi connectivity index (χ0v) is 55.2. The first kappa shape index (κ1) is 62.3. The van der Waals surface area contributed by atoms with Gasteiger partial charge in [-0.05, 0) is 153 Å². The summed E-state index contributed by atoms with van der Waals surface area (Å²) in [7, 11) is 25.4. The quantitative estimate of drug-likeness (QED) is 0.0792. The molecule has 12 heteroatoms. The van der Waals surface area contributed by atoms with Crippen molar-refractivity contribution < 1.29 is 53.3 Å². The normalized spacial score (nSPS) is 11.2. The Morgan fingerprint density at radius 2 is 0.361 bits per heavy atom. The van der Waals surface area contributed by atoms with Gasteiger partial charge in [-0.2, -0.15) is 54.6 Å². The molecule has 0 aliphatic carbocycles. The van der Waals surface area contributed by atoms with E-state index in [2.05, 4.69) is 299 Å². The van der Waals surface area contributed by atoms with E-state index in [1.807, 2.05) is 53.3 Å². The summed E-state index contributed by atoms with van der Waals surface area (Å²) in [5.74, 6) is 0. The van der Waals surface area contributed by atoms with Crippen molar-refractivity contribution in [3.63, 3.8) is 0 Å². The second-order valence-electron chi connectivity index (χ2n) is 19.7. The molecule has 0 radical (unpaired) electrons. The van der Waals surface area contributed by atoms with Gasteiger partial charge in [0.15, 0.2) is 0 Å². The van der Waals surface area contributed by atoms with Crippen molar-refractivity contribution in [2.24, 2.45) is 0 Å². The molecule has 72 heavy (non-hydrogen) atoms. The Bertz CT molecular complexity index is 2330. The first-order valence-electron chi connectivity index (χ1n) is 23.4. The summed E-state index contributed by atoms with van der Waals surface area (Å²) in [6.07, 6.45) is 0. The summed E-state index contributed by atoms with van der Waals surface area (Å²) < 4.78 is 0. The Labute approximate surface area is 487 Å². The molecular formula is C60H69Br3N6Pt3. The second kappa shape index (κ2) is 31.8. The Morgan fingerprint density at radius 3 is 0.486 bits per heavy atom. The molecule has 390 valence electrons. The molecule has 0 bridgehead atoms. The SMILES string of the molecule is CN(C)Cc1[c-]c(CN(C)C)cc(-c2ccc(-c3cc(-c4ccc(-c5cc(CN(C)C)[c-]c(CN(C)C)c5)cc4)cc(-c4ccc(-c5cc(CN(C)C)[c-]c(CN(C)C)c5)cc4)c3)cc2)c1.[Br][Pt+].[Br][Pt+].[Br][Pt+]. The minimum absolute atomic E-state index is 0.849. The minimum atomic E-state index is 0.849. The molecule has 0 amide bonds. The third kappa shape index (κ3) is 19.7. The van der Waals surface area contributed by atoms with Crippen molar-refractivity contribution >= 4 is 39.9 Å². The van der Waals surface area contributed by atoms with E-state index in [0.717, 1.165) is 39.3 Å². The Kier molecular flexibility index (Phi) is 27.5. The zero-order valence-electron chi connectivity index (χ0n) is 43.6. The topological polar surface area (TPSA) is 19.4 Å². The van der Waals surface area contributed by atoms with Crippen molar-refractivity contribution in [3.05, 3.63) is 179 Å². The number of halogens is 3. The first-order valence-corrected chi connectivity index (χ1v) is 38.3. The molecular weight excluding hydrogens is 1630 g/mol. The molecule has 7 rings (SSSR count). The monoisotopic (exact) mass is 1700 g/mol. The second-order valence-corrected chi connectivity index (χ2v) is 19.7. The average molecular weight is 1700 g/mol. The van der Waals surface area contributed by atoms with Crippen LogP contribution in [0.3, 0.4) is 0 Å². The van der Waals surface area contributed by atoms with Gasteiger partial charge in [-0.3, -0.25) is 0 Å². The van der Waals surface area contributed by atoms with Gasteiger partial charge in [-0.15, -0.1) is 50.1 Å². The number of benzene rings is 7. The van der Waals surface area contributed by atoms with Gasteiger partial charge in [0.2, 0.25) is 0 Å². The van der Waals surface area contributed by atoms with Crippen molar-refractivity contribution in [2.75, 3.05) is 84.6 Å². The van der Waals surface area contributed by atoms with E-state index in [0.29, 0.717) is 0 Å². The van der Waals surface area contributed by atoms with Crippen LogP contribution in [0.5, 0.6) is 0 Å².